The maximum absolute atomic E-state index is 14.3. The van der Waals surface area contributed by atoms with E-state index in [0.717, 1.165) is 4.90 Å². The Morgan fingerprint density at radius 3 is 1.81 bits per heavy atom. The number of carbonyl (C=O) groups is 6. The van der Waals surface area contributed by atoms with Crippen LogP contribution in [0.1, 0.15) is 121 Å². The summed E-state index contributed by atoms with van der Waals surface area (Å²) < 4.78 is 46.5. The number of ether oxygens (including phenoxy) is 8. The van der Waals surface area contributed by atoms with Gasteiger partial charge in [-0.05, 0) is 127 Å². The molecule has 27 nitrogen and oxygen atoms in total. The van der Waals surface area contributed by atoms with Gasteiger partial charge in [0, 0.05) is 50.0 Å². The highest BCUT2D eigenvalue weighted by molar-refractivity contribution is 5.87. The Kier molecular flexibility index (Phi) is 19.8. The molecule has 1 aromatic rings. The number of nitro groups is 1. The summed E-state index contributed by atoms with van der Waals surface area (Å²) in [5.41, 5.74) is -7.58. The van der Waals surface area contributed by atoms with E-state index >= 15 is 0 Å². The van der Waals surface area contributed by atoms with Crippen LogP contribution < -0.4 is 26.6 Å². The van der Waals surface area contributed by atoms with Crippen molar-refractivity contribution in [2.24, 2.45) is 5.92 Å². The van der Waals surface area contributed by atoms with Crippen molar-refractivity contribution in [2.75, 3.05) is 20.2 Å². The molecule has 0 spiro atoms. The maximum atomic E-state index is 14.3. The van der Waals surface area contributed by atoms with Crippen molar-refractivity contribution in [2.45, 2.75) is 217 Å². The molecule has 4 aliphatic rings. The van der Waals surface area contributed by atoms with E-state index < -0.39 is 148 Å². The fourth-order valence-corrected chi connectivity index (χ4v) is 9.58. The number of amides is 6. The number of nitrogens with one attached hydrogen (secondary N) is 5. The predicted octanol–water partition coefficient (Wildman–Crippen LogP) is 3.65. The van der Waals surface area contributed by atoms with Gasteiger partial charge in [-0.3, -0.25) is 14.9 Å². The quantitative estimate of drug-likeness (QED) is 0.0729. The van der Waals surface area contributed by atoms with Crippen LogP contribution in [0.4, 0.5) is 29.7 Å². The molecule has 2 saturated carbocycles. The number of carbonyl (C=O) groups excluding carboxylic acids is 6. The lowest BCUT2D eigenvalue weighted by Crippen LogP contribution is -2.72. The third kappa shape index (κ3) is 18.1. The van der Waals surface area contributed by atoms with E-state index in [4.69, 9.17) is 37.9 Å². The Morgan fingerprint density at radius 2 is 1.28 bits per heavy atom. The summed E-state index contributed by atoms with van der Waals surface area (Å²) in [6.45, 7) is 19.8. The molecule has 1 saturated heterocycles. The molecule has 6 amide bonds. The summed E-state index contributed by atoms with van der Waals surface area (Å²) in [4.78, 5) is 92.3. The number of likely N-dealkylation sites (N-methyl/N-ethyl adjacent to an activating group) is 1. The summed E-state index contributed by atoms with van der Waals surface area (Å²) in [6, 6.07) is -0.550. The van der Waals surface area contributed by atoms with E-state index in [2.05, 4.69) is 26.6 Å². The average Bonchev–Trinajstić information content (AvgIpc) is 3.27. The van der Waals surface area contributed by atoms with Gasteiger partial charge in [0.25, 0.3) is 11.6 Å². The van der Waals surface area contributed by atoms with E-state index in [0.29, 0.717) is 5.56 Å². The van der Waals surface area contributed by atoms with Crippen LogP contribution in [0.15, 0.2) is 36.1 Å². The van der Waals surface area contributed by atoms with Gasteiger partial charge in [0.2, 0.25) is 0 Å². The van der Waals surface area contributed by atoms with Crippen LogP contribution >= 0.6 is 0 Å². The summed E-state index contributed by atoms with van der Waals surface area (Å²) in [6.07, 6.45) is -12.5. The zero-order valence-corrected chi connectivity index (χ0v) is 47.4. The fraction of sp³-hybridized carbons (Fsp3) is 0.731. The first-order valence-corrected chi connectivity index (χ1v) is 26.1. The number of hydrogen-bond acceptors (Lipinski definition) is 20. The van der Waals surface area contributed by atoms with Gasteiger partial charge in [-0.2, -0.15) is 0 Å². The number of aliphatic hydroxyl groups excluding tert-OH is 2. The number of benzene rings is 1. The van der Waals surface area contributed by atoms with Crippen LogP contribution in [0.25, 0.3) is 0 Å². The Labute approximate surface area is 459 Å². The first kappa shape index (κ1) is 63.6. The zero-order valence-electron chi connectivity index (χ0n) is 47.4. The van der Waals surface area contributed by atoms with Crippen molar-refractivity contribution in [3.8, 4) is 0 Å². The van der Waals surface area contributed by atoms with Gasteiger partial charge in [-0.25, -0.2) is 24.0 Å². The summed E-state index contributed by atoms with van der Waals surface area (Å²) in [5, 5.41) is 73.0. The minimum absolute atomic E-state index is 0.0312. The number of nitro benzene ring substituents is 1. The molecule has 2 heterocycles. The number of non-ortho nitro benzene ring substituents is 1. The Balaban J connectivity index is 1.53. The summed E-state index contributed by atoms with van der Waals surface area (Å²) in [7, 11) is 1.29. The highest BCUT2D eigenvalue weighted by Crippen LogP contribution is 2.40. The van der Waals surface area contributed by atoms with Gasteiger partial charge in [-0.1, -0.05) is 0 Å². The molecule has 0 radical (unpaired) electrons. The predicted molar refractivity (Wildman–Crippen MR) is 278 cm³/mol. The highest BCUT2D eigenvalue weighted by Gasteiger charge is 2.58. The van der Waals surface area contributed by atoms with Crippen LogP contribution in [0, 0.1) is 16.0 Å². The first-order valence-electron chi connectivity index (χ1n) is 26.1. The van der Waals surface area contributed by atoms with Gasteiger partial charge in [0.15, 0.2) is 6.29 Å². The van der Waals surface area contributed by atoms with E-state index in [1.807, 2.05) is 0 Å². The van der Waals surface area contributed by atoms with Crippen LogP contribution in [0.2, 0.25) is 0 Å². The monoisotopic (exact) mass is 1120 g/mol. The fourth-order valence-electron chi connectivity index (χ4n) is 9.58. The first-order chi connectivity index (χ1) is 36.2. The molecule has 2 aliphatic heterocycles. The molecule has 0 bridgehead atoms. The van der Waals surface area contributed by atoms with Crippen LogP contribution in [0.3, 0.4) is 0 Å². The Hall–Kier alpha value is -6.26. The molecule has 27 heteroatoms. The molecule has 1 unspecified atom stereocenters. The molecule has 79 heavy (non-hydrogen) atoms. The standard InChI is InChI=1S/C52H81N7O20/c1-47(2,3)76-43(64)54-28-22-52(69,23-28)41(62)55-33-21-32(57-45(66)78-49(7,8)9)34(35(60)38(33)75-40-36(61)39(51(13,68)26-73-40)58(14)46(67)79-50(10,11)12)37-31(56-44(65)77-48(4,5)6)20-19-30(74-37)24-53-42(63)72-25-27-15-17-29(18-16-27)59(70)71/h15-19,28,31-40,60-61,68-69H,20-26H2,1-14H3,(H,53,63)(H,54,64)(H,55,62)(H,56,65)(H,57,66)/t28?,31-,32+,33-,34?,35+,36-,37+,38+,39-,40-,51+,52?/m1/s1. The molecule has 1 aromatic carbocycles. The minimum Gasteiger partial charge on any atom is -0.491 e. The van der Waals surface area contributed by atoms with Crippen molar-refractivity contribution in [3.63, 3.8) is 0 Å². The molecular formula is C52H81N7O20. The largest absolute Gasteiger partial charge is 0.491 e. The van der Waals surface area contributed by atoms with Crippen molar-refractivity contribution < 1.29 is 92.0 Å². The smallest absolute Gasteiger partial charge is 0.410 e. The number of rotatable bonds is 14. The highest BCUT2D eigenvalue weighted by atomic mass is 16.7. The molecule has 0 aromatic heterocycles. The van der Waals surface area contributed by atoms with E-state index in [1.54, 1.807) is 89.2 Å². The van der Waals surface area contributed by atoms with Crippen LogP contribution in [-0.2, 0) is 49.3 Å². The molecule has 9 N–H and O–H groups in total. The lowest BCUT2D eigenvalue weighted by Gasteiger charge is -2.52. The van der Waals surface area contributed by atoms with Crippen LogP contribution in [0.5, 0.6) is 0 Å². The van der Waals surface area contributed by atoms with Crippen molar-refractivity contribution in [1.29, 1.82) is 0 Å². The third-order valence-corrected chi connectivity index (χ3v) is 12.9. The van der Waals surface area contributed by atoms with Crippen molar-refractivity contribution in [1.82, 2.24) is 31.5 Å². The maximum Gasteiger partial charge on any atom is 0.410 e. The summed E-state index contributed by atoms with van der Waals surface area (Å²) in [5.74, 6) is -2.26. The second-order valence-electron chi connectivity index (χ2n) is 24.7. The molecule has 2 aliphatic carbocycles. The average molecular weight is 1120 g/mol. The second-order valence-corrected chi connectivity index (χ2v) is 24.7. The third-order valence-electron chi connectivity index (χ3n) is 12.9. The van der Waals surface area contributed by atoms with Gasteiger partial charge in [0.1, 0.15) is 64.3 Å². The minimum atomic E-state index is -2.09. The Bertz CT molecular complexity index is 2390. The normalized spacial score (nSPS) is 30.1. The van der Waals surface area contributed by atoms with Crippen molar-refractivity contribution >= 4 is 42.1 Å². The van der Waals surface area contributed by atoms with Gasteiger partial charge >= 0.3 is 30.5 Å². The molecule has 11 atom stereocenters. The topological polar surface area (TPSA) is 364 Å². The molecule has 444 valence electrons. The van der Waals surface area contributed by atoms with Gasteiger partial charge < -0.3 is 89.8 Å². The van der Waals surface area contributed by atoms with E-state index in [1.165, 1.54) is 38.2 Å². The van der Waals surface area contributed by atoms with E-state index in [-0.39, 0.29) is 50.3 Å². The van der Waals surface area contributed by atoms with E-state index in [9.17, 15) is 59.3 Å². The van der Waals surface area contributed by atoms with Crippen LogP contribution in [-0.4, -0.2) is 181 Å². The molecule has 5 rings (SSSR count). The number of hydrogen-bond donors (Lipinski definition) is 9. The number of alkyl carbamates (subject to hydrolysis) is 4. The lowest BCUT2D eigenvalue weighted by atomic mass is 9.71. The zero-order chi connectivity index (χ0) is 59.4. The van der Waals surface area contributed by atoms with Gasteiger partial charge in [-0.15, -0.1) is 0 Å². The summed E-state index contributed by atoms with van der Waals surface area (Å²) >= 11 is 0. The number of aliphatic hydroxyl groups is 4. The van der Waals surface area contributed by atoms with Gasteiger partial charge in [0.05, 0.1) is 42.3 Å². The molecule has 3 fully saturated rings. The number of nitrogens with zero attached hydrogens (tertiary/aromatic N) is 2. The molecular weight excluding hydrogens is 1040 g/mol. The second kappa shape index (κ2) is 24.6. The lowest BCUT2D eigenvalue weighted by molar-refractivity contribution is -0.384. The SMILES string of the molecule is CN(C(=O)OC(C)(C)C)[C@@H]1[C@@H](O)[C@@H](O[C@H]2[C@H](NC(=O)C3(O)CC(NC(=O)OC(C)(C)C)C3)C[C@H](NC(=O)OC(C)(C)C)C([C@H]3OC(CNC(=O)OCc4ccc([N+](=O)[O-])cc4)=CC[C@H]3NC(=O)OC(C)(C)C)[C@@H]2O)OC[C@]1(C)O. The Morgan fingerprint density at radius 1 is 0.747 bits per heavy atom. The van der Waals surface area contributed by atoms with Crippen molar-refractivity contribution in [3.05, 3.63) is 51.8 Å².